The maximum atomic E-state index is 12.8. The Morgan fingerprint density at radius 1 is 1.09 bits per heavy atom. The van der Waals surface area contributed by atoms with Crippen LogP contribution in [0, 0.1) is 5.92 Å². The third kappa shape index (κ3) is 5.29. The van der Waals surface area contributed by atoms with Crippen molar-refractivity contribution in [1.82, 2.24) is 10.2 Å². The number of methoxy groups -OCH3 is 1. The molecule has 1 atom stereocenters. The molecule has 1 unspecified atom stereocenters. The molecule has 1 aliphatic rings. The Balaban J connectivity index is 1.42. The highest BCUT2D eigenvalue weighted by molar-refractivity contribution is 7.89. The van der Waals surface area contributed by atoms with Crippen LogP contribution in [-0.2, 0) is 14.8 Å². The smallest absolute Gasteiger partial charge is 0.238 e. The first-order valence-electron chi connectivity index (χ1n) is 10.5. The lowest BCUT2D eigenvalue weighted by Crippen LogP contribution is -2.41. The number of carbonyl (C=O) groups excluding carboxylic acids is 1. The number of anilines is 2. The predicted octanol–water partition coefficient (Wildman–Crippen LogP) is 2.65. The van der Waals surface area contributed by atoms with Crippen molar-refractivity contribution in [3.05, 3.63) is 60.7 Å². The zero-order chi connectivity index (χ0) is 23.4. The number of ether oxygens (including phenoxy) is 1. The average Bonchev–Trinajstić information content (AvgIpc) is 2.84. The second-order valence-electron chi connectivity index (χ2n) is 7.82. The van der Waals surface area contributed by atoms with Gasteiger partial charge in [-0.05, 0) is 61.4 Å². The molecular formula is C23H25N5O4S. The van der Waals surface area contributed by atoms with Gasteiger partial charge in [0.2, 0.25) is 15.9 Å². The third-order valence-corrected chi connectivity index (χ3v) is 6.53. The van der Waals surface area contributed by atoms with Crippen LogP contribution < -0.4 is 20.1 Å². The number of primary sulfonamides is 1. The first-order valence-corrected chi connectivity index (χ1v) is 12.1. The molecule has 4 rings (SSSR count). The van der Waals surface area contributed by atoms with Crippen molar-refractivity contribution in [2.24, 2.45) is 11.1 Å². The summed E-state index contributed by atoms with van der Waals surface area (Å²) in [5.41, 5.74) is 2.10. The van der Waals surface area contributed by atoms with E-state index >= 15 is 0 Å². The summed E-state index contributed by atoms with van der Waals surface area (Å²) in [6.45, 7) is 1.30. The van der Waals surface area contributed by atoms with Crippen LogP contribution in [0.25, 0.3) is 11.3 Å². The summed E-state index contributed by atoms with van der Waals surface area (Å²) < 4.78 is 28.2. The number of nitrogens with zero attached hydrogens (tertiary/aromatic N) is 3. The van der Waals surface area contributed by atoms with Crippen LogP contribution in [0.1, 0.15) is 12.8 Å². The number of hydrogen-bond acceptors (Lipinski definition) is 7. The number of hydrogen-bond donors (Lipinski definition) is 2. The van der Waals surface area contributed by atoms with Gasteiger partial charge in [-0.1, -0.05) is 12.1 Å². The van der Waals surface area contributed by atoms with E-state index in [1.807, 2.05) is 36.4 Å². The van der Waals surface area contributed by atoms with Gasteiger partial charge < -0.3 is 15.0 Å². The lowest BCUT2D eigenvalue weighted by Gasteiger charge is -2.32. The Kier molecular flexibility index (Phi) is 6.57. The lowest BCUT2D eigenvalue weighted by atomic mass is 9.97. The molecule has 33 heavy (non-hydrogen) atoms. The molecule has 0 spiro atoms. The molecular weight excluding hydrogens is 442 g/mol. The second-order valence-corrected chi connectivity index (χ2v) is 9.38. The number of benzene rings is 2. The van der Waals surface area contributed by atoms with Crippen LogP contribution >= 0.6 is 0 Å². The number of carbonyl (C=O) groups is 1. The minimum absolute atomic E-state index is 0.000477. The van der Waals surface area contributed by atoms with Gasteiger partial charge in [-0.3, -0.25) is 4.79 Å². The van der Waals surface area contributed by atoms with Crippen molar-refractivity contribution in [1.29, 1.82) is 0 Å². The highest BCUT2D eigenvalue weighted by Crippen LogP contribution is 2.29. The molecule has 1 aromatic heterocycles. The van der Waals surface area contributed by atoms with Crippen LogP contribution in [0.15, 0.2) is 65.6 Å². The van der Waals surface area contributed by atoms with E-state index in [-0.39, 0.29) is 16.7 Å². The Labute approximate surface area is 192 Å². The molecule has 10 heteroatoms. The Hall–Kier alpha value is -3.50. The maximum Gasteiger partial charge on any atom is 0.238 e. The van der Waals surface area contributed by atoms with E-state index in [2.05, 4.69) is 20.4 Å². The van der Waals surface area contributed by atoms with Gasteiger partial charge in [0.25, 0.3) is 0 Å². The summed E-state index contributed by atoms with van der Waals surface area (Å²) in [5.74, 6) is 1.09. The van der Waals surface area contributed by atoms with E-state index in [1.165, 1.54) is 24.3 Å². The van der Waals surface area contributed by atoms with E-state index in [0.717, 1.165) is 30.7 Å². The quantitative estimate of drug-likeness (QED) is 0.570. The van der Waals surface area contributed by atoms with Crippen LogP contribution in [0.3, 0.4) is 0 Å². The van der Waals surface area contributed by atoms with Crippen LogP contribution in [-0.4, -0.2) is 44.7 Å². The zero-order valence-electron chi connectivity index (χ0n) is 18.1. The molecule has 0 radical (unpaired) electrons. The molecule has 2 aromatic carbocycles. The largest absolute Gasteiger partial charge is 0.496 e. The van der Waals surface area contributed by atoms with E-state index in [4.69, 9.17) is 9.88 Å². The first-order chi connectivity index (χ1) is 15.8. The molecule has 3 N–H and O–H groups in total. The summed E-state index contributed by atoms with van der Waals surface area (Å²) in [6.07, 6.45) is 1.60. The van der Waals surface area contributed by atoms with Crippen molar-refractivity contribution in [2.75, 3.05) is 30.4 Å². The second kappa shape index (κ2) is 9.55. The SMILES string of the molecule is COc1ccccc1-c1ccc(N2CCCC(C(=O)Nc3ccc(S(N)(=O)=O)cc3)C2)nn1. The van der Waals surface area contributed by atoms with E-state index < -0.39 is 10.0 Å². The normalized spacial score (nSPS) is 16.3. The topological polar surface area (TPSA) is 128 Å². The first kappa shape index (κ1) is 22.7. The predicted molar refractivity (Wildman–Crippen MR) is 125 cm³/mol. The fourth-order valence-electron chi connectivity index (χ4n) is 3.87. The standard InChI is InChI=1S/C23H25N5O4S/c1-32-21-7-3-2-6-19(21)20-12-13-22(27-26-20)28-14-4-5-16(15-28)23(29)25-17-8-10-18(11-9-17)33(24,30)31/h2-3,6-13,16H,4-5,14-15H2,1H3,(H,25,29)(H2,24,30,31). The van der Waals surface area contributed by atoms with Crippen molar-refractivity contribution < 1.29 is 17.9 Å². The molecule has 172 valence electrons. The van der Waals surface area contributed by atoms with Gasteiger partial charge in [0.1, 0.15) is 5.75 Å². The van der Waals surface area contributed by atoms with Crippen LogP contribution in [0.2, 0.25) is 0 Å². The van der Waals surface area contributed by atoms with E-state index in [9.17, 15) is 13.2 Å². The Morgan fingerprint density at radius 2 is 1.85 bits per heavy atom. The van der Waals surface area contributed by atoms with Gasteiger partial charge in [0.05, 0.1) is 23.6 Å². The van der Waals surface area contributed by atoms with Gasteiger partial charge in [-0.2, -0.15) is 0 Å². The molecule has 1 saturated heterocycles. The van der Waals surface area contributed by atoms with E-state index in [1.54, 1.807) is 7.11 Å². The Bertz CT molecular complexity index is 1230. The number of sulfonamides is 1. The number of piperidine rings is 1. The number of para-hydroxylation sites is 1. The average molecular weight is 468 g/mol. The third-order valence-electron chi connectivity index (χ3n) is 5.60. The summed E-state index contributed by atoms with van der Waals surface area (Å²) in [6, 6.07) is 17.2. The molecule has 1 aliphatic heterocycles. The van der Waals surface area contributed by atoms with Crippen LogP contribution in [0.4, 0.5) is 11.5 Å². The van der Waals surface area contributed by atoms with Crippen molar-refractivity contribution >= 4 is 27.4 Å². The number of amides is 1. The van der Waals surface area contributed by atoms with E-state index in [0.29, 0.717) is 23.7 Å². The van der Waals surface area contributed by atoms with Crippen molar-refractivity contribution in [2.45, 2.75) is 17.7 Å². The molecule has 0 aliphatic carbocycles. The van der Waals surface area contributed by atoms with Crippen LogP contribution in [0.5, 0.6) is 5.75 Å². The molecule has 0 bridgehead atoms. The number of rotatable bonds is 6. The summed E-state index contributed by atoms with van der Waals surface area (Å²) in [4.78, 5) is 14.9. The maximum absolute atomic E-state index is 12.8. The minimum atomic E-state index is -3.77. The molecule has 1 amide bonds. The molecule has 9 nitrogen and oxygen atoms in total. The van der Waals surface area contributed by atoms with Gasteiger partial charge >= 0.3 is 0 Å². The molecule has 0 saturated carbocycles. The van der Waals surface area contributed by atoms with Gasteiger partial charge in [0.15, 0.2) is 5.82 Å². The zero-order valence-corrected chi connectivity index (χ0v) is 19.0. The van der Waals surface area contributed by atoms with Gasteiger partial charge in [-0.15, -0.1) is 10.2 Å². The summed E-state index contributed by atoms with van der Waals surface area (Å²) in [7, 11) is -2.15. The summed E-state index contributed by atoms with van der Waals surface area (Å²) >= 11 is 0. The minimum Gasteiger partial charge on any atom is -0.496 e. The molecule has 3 aromatic rings. The number of nitrogens with two attached hydrogens (primary N) is 1. The molecule has 1 fully saturated rings. The highest BCUT2D eigenvalue weighted by atomic mass is 32.2. The Morgan fingerprint density at radius 3 is 2.52 bits per heavy atom. The lowest BCUT2D eigenvalue weighted by molar-refractivity contribution is -0.120. The van der Waals surface area contributed by atoms with Gasteiger partial charge in [0, 0.05) is 24.3 Å². The fraction of sp³-hybridized carbons (Fsp3) is 0.261. The fourth-order valence-corrected chi connectivity index (χ4v) is 4.38. The monoisotopic (exact) mass is 467 g/mol. The summed E-state index contributed by atoms with van der Waals surface area (Å²) in [5, 5.41) is 16.7. The number of nitrogens with one attached hydrogen (secondary N) is 1. The van der Waals surface area contributed by atoms with Gasteiger partial charge in [-0.25, -0.2) is 13.6 Å². The van der Waals surface area contributed by atoms with Crippen molar-refractivity contribution in [3.8, 4) is 17.0 Å². The number of aromatic nitrogens is 2. The highest BCUT2D eigenvalue weighted by Gasteiger charge is 2.27. The van der Waals surface area contributed by atoms with Crippen molar-refractivity contribution in [3.63, 3.8) is 0 Å². The molecule has 2 heterocycles.